The Morgan fingerprint density at radius 3 is 2.65 bits per heavy atom. The maximum absolute atomic E-state index is 12.7. The molecule has 0 bridgehead atoms. The standard InChI is InChI=1S/C11H20F2N2O2/c1-11(2,3)17-10(16)15-7-5-4-6-14-8(7)9(12)13/h7-9,14H,4-6H2,1-3H3,(H,15,16). The van der Waals surface area contributed by atoms with E-state index < -0.39 is 30.2 Å². The van der Waals surface area contributed by atoms with Crippen LogP contribution in [0, 0.1) is 0 Å². The van der Waals surface area contributed by atoms with Gasteiger partial charge in [-0.05, 0) is 40.2 Å². The van der Waals surface area contributed by atoms with Crippen LogP contribution in [-0.2, 0) is 4.74 Å². The lowest BCUT2D eigenvalue weighted by molar-refractivity contribution is 0.0364. The quantitative estimate of drug-likeness (QED) is 0.787. The van der Waals surface area contributed by atoms with Crippen molar-refractivity contribution in [3.05, 3.63) is 0 Å². The fraction of sp³-hybridized carbons (Fsp3) is 0.909. The van der Waals surface area contributed by atoms with E-state index in [2.05, 4.69) is 10.6 Å². The Morgan fingerprint density at radius 1 is 1.47 bits per heavy atom. The molecule has 17 heavy (non-hydrogen) atoms. The van der Waals surface area contributed by atoms with Gasteiger partial charge in [0.1, 0.15) is 5.60 Å². The van der Waals surface area contributed by atoms with Gasteiger partial charge in [0.15, 0.2) is 0 Å². The topological polar surface area (TPSA) is 50.4 Å². The summed E-state index contributed by atoms with van der Waals surface area (Å²) in [6.45, 7) is 5.75. The molecule has 1 rings (SSSR count). The van der Waals surface area contributed by atoms with Crippen molar-refractivity contribution in [1.29, 1.82) is 0 Å². The van der Waals surface area contributed by atoms with Crippen LogP contribution < -0.4 is 10.6 Å². The van der Waals surface area contributed by atoms with Crippen molar-refractivity contribution in [3.63, 3.8) is 0 Å². The Morgan fingerprint density at radius 2 is 2.12 bits per heavy atom. The third-order valence-corrected chi connectivity index (χ3v) is 2.48. The summed E-state index contributed by atoms with van der Waals surface area (Å²) in [5.74, 6) is 0. The molecule has 6 heteroatoms. The van der Waals surface area contributed by atoms with Crippen molar-refractivity contribution in [1.82, 2.24) is 10.6 Å². The number of nitrogens with one attached hydrogen (secondary N) is 2. The Labute approximate surface area is 100 Å². The van der Waals surface area contributed by atoms with Gasteiger partial charge < -0.3 is 15.4 Å². The number of alkyl carbamates (subject to hydrolysis) is 1. The lowest BCUT2D eigenvalue weighted by Crippen LogP contribution is -2.57. The molecule has 0 aromatic heterocycles. The molecular formula is C11H20F2N2O2. The zero-order chi connectivity index (χ0) is 13.1. The van der Waals surface area contributed by atoms with E-state index in [1.165, 1.54) is 0 Å². The van der Waals surface area contributed by atoms with E-state index in [4.69, 9.17) is 4.74 Å². The van der Waals surface area contributed by atoms with Crippen molar-refractivity contribution < 1.29 is 18.3 Å². The molecule has 2 N–H and O–H groups in total. The summed E-state index contributed by atoms with van der Waals surface area (Å²) < 4.78 is 30.5. The SMILES string of the molecule is CC(C)(C)OC(=O)NC1CCCNC1C(F)F. The van der Waals surface area contributed by atoms with Crippen molar-refractivity contribution >= 4 is 6.09 Å². The molecule has 1 fully saturated rings. The second kappa shape index (κ2) is 5.62. The van der Waals surface area contributed by atoms with Gasteiger partial charge in [0, 0.05) is 0 Å². The minimum atomic E-state index is -2.49. The third-order valence-electron chi connectivity index (χ3n) is 2.48. The summed E-state index contributed by atoms with van der Waals surface area (Å²) in [7, 11) is 0. The number of hydrogen-bond acceptors (Lipinski definition) is 3. The number of halogens is 2. The van der Waals surface area contributed by atoms with Crippen molar-refractivity contribution in [2.45, 2.75) is 57.7 Å². The molecule has 2 unspecified atom stereocenters. The highest BCUT2D eigenvalue weighted by Crippen LogP contribution is 2.16. The number of piperidine rings is 1. The lowest BCUT2D eigenvalue weighted by Gasteiger charge is -2.33. The van der Waals surface area contributed by atoms with Gasteiger partial charge in [0.2, 0.25) is 0 Å². The van der Waals surface area contributed by atoms with Gasteiger partial charge in [0.25, 0.3) is 6.43 Å². The van der Waals surface area contributed by atoms with Crippen molar-refractivity contribution in [2.75, 3.05) is 6.54 Å². The third kappa shape index (κ3) is 4.85. The maximum Gasteiger partial charge on any atom is 0.407 e. The molecule has 1 saturated heterocycles. The largest absolute Gasteiger partial charge is 0.444 e. The molecule has 0 aromatic carbocycles. The van der Waals surface area contributed by atoms with Gasteiger partial charge in [0.05, 0.1) is 12.1 Å². The first-order valence-electron chi connectivity index (χ1n) is 5.80. The summed E-state index contributed by atoms with van der Waals surface area (Å²) >= 11 is 0. The average Bonchev–Trinajstić information content (AvgIpc) is 2.14. The molecule has 1 aliphatic rings. The highest BCUT2D eigenvalue weighted by atomic mass is 19.3. The normalized spacial score (nSPS) is 25.8. The van der Waals surface area contributed by atoms with Crippen LogP contribution in [0.2, 0.25) is 0 Å². The molecular weight excluding hydrogens is 230 g/mol. The number of rotatable bonds is 2. The van der Waals surface area contributed by atoms with Gasteiger partial charge in [-0.15, -0.1) is 0 Å². The molecule has 100 valence electrons. The van der Waals surface area contributed by atoms with Gasteiger partial charge in [-0.3, -0.25) is 0 Å². The van der Waals surface area contributed by atoms with E-state index >= 15 is 0 Å². The van der Waals surface area contributed by atoms with Crippen LogP contribution in [0.4, 0.5) is 13.6 Å². The van der Waals surface area contributed by atoms with Gasteiger partial charge in [-0.1, -0.05) is 0 Å². The summed E-state index contributed by atoms with van der Waals surface area (Å²) in [5.41, 5.74) is -0.619. The zero-order valence-electron chi connectivity index (χ0n) is 10.4. The minimum Gasteiger partial charge on any atom is -0.444 e. The van der Waals surface area contributed by atoms with E-state index in [1.807, 2.05) is 0 Å². The van der Waals surface area contributed by atoms with Gasteiger partial charge >= 0.3 is 6.09 Å². The number of ether oxygens (including phenoxy) is 1. The smallest absolute Gasteiger partial charge is 0.407 e. The Hall–Kier alpha value is -0.910. The molecule has 4 nitrogen and oxygen atoms in total. The average molecular weight is 250 g/mol. The van der Waals surface area contributed by atoms with Crippen LogP contribution in [0.25, 0.3) is 0 Å². The Bertz CT molecular complexity index is 267. The number of carbonyl (C=O) groups is 1. The molecule has 0 saturated carbocycles. The highest BCUT2D eigenvalue weighted by molar-refractivity contribution is 5.68. The van der Waals surface area contributed by atoms with Crippen molar-refractivity contribution in [2.24, 2.45) is 0 Å². The van der Waals surface area contributed by atoms with Crippen molar-refractivity contribution in [3.8, 4) is 0 Å². The zero-order valence-corrected chi connectivity index (χ0v) is 10.4. The summed E-state index contributed by atoms with van der Waals surface area (Å²) in [6.07, 6.45) is -1.82. The second-order valence-electron chi connectivity index (χ2n) is 5.21. The molecule has 0 aliphatic carbocycles. The number of hydrogen-bond donors (Lipinski definition) is 2. The van der Waals surface area contributed by atoms with E-state index in [0.29, 0.717) is 13.0 Å². The Kier molecular flexibility index (Phi) is 4.68. The van der Waals surface area contributed by atoms with Crippen LogP contribution in [0.15, 0.2) is 0 Å². The predicted molar refractivity (Wildman–Crippen MR) is 60.2 cm³/mol. The predicted octanol–water partition coefficient (Wildman–Crippen LogP) is 1.90. The molecule has 0 radical (unpaired) electrons. The summed E-state index contributed by atoms with van der Waals surface area (Å²) in [6, 6.07) is -1.56. The molecule has 1 heterocycles. The van der Waals surface area contributed by atoms with Gasteiger partial charge in [-0.2, -0.15) is 0 Å². The van der Waals surface area contributed by atoms with Crippen LogP contribution >= 0.6 is 0 Å². The minimum absolute atomic E-state index is 0.543. The second-order valence-corrected chi connectivity index (χ2v) is 5.21. The van der Waals surface area contributed by atoms with Crippen LogP contribution in [0.3, 0.4) is 0 Å². The first-order valence-corrected chi connectivity index (χ1v) is 5.80. The molecule has 2 atom stereocenters. The van der Waals surface area contributed by atoms with E-state index in [9.17, 15) is 13.6 Å². The number of carbonyl (C=O) groups excluding carboxylic acids is 1. The fourth-order valence-electron chi connectivity index (χ4n) is 1.80. The van der Waals surface area contributed by atoms with E-state index in [-0.39, 0.29) is 0 Å². The molecule has 1 amide bonds. The maximum atomic E-state index is 12.7. The molecule has 1 aliphatic heterocycles. The van der Waals surface area contributed by atoms with Crippen LogP contribution in [-0.4, -0.2) is 36.7 Å². The van der Waals surface area contributed by atoms with Crippen LogP contribution in [0.5, 0.6) is 0 Å². The molecule has 0 spiro atoms. The summed E-state index contributed by atoms with van der Waals surface area (Å²) in [5, 5.41) is 5.22. The number of alkyl halides is 2. The highest BCUT2D eigenvalue weighted by Gasteiger charge is 2.33. The Balaban J connectivity index is 2.50. The first-order chi connectivity index (χ1) is 7.79. The summed E-state index contributed by atoms with van der Waals surface area (Å²) in [4.78, 5) is 11.5. The van der Waals surface area contributed by atoms with Crippen LogP contribution in [0.1, 0.15) is 33.6 Å². The monoisotopic (exact) mass is 250 g/mol. The molecule has 0 aromatic rings. The van der Waals surface area contributed by atoms with E-state index in [1.54, 1.807) is 20.8 Å². The first kappa shape index (κ1) is 14.2. The van der Waals surface area contributed by atoms with Gasteiger partial charge in [-0.25, -0.2) is 13.6 Å². The van der Waals surface area contributed by atoms with E-state index in [0.717, 1.165) is 6.42 Å². The number of amides is 1. The lowest BCUT2D eigenvalue weighted by atomic mass is 9.99. The fourth-order valence-corrected chi connectivity index (χ4v) is 1.80.